The van der Waals surface area contributed by atoms with Gasteiger partial charge in [-0.15, -0.1) is 0 Å². The van der Waals surface area contributed by atoms with Gasteiger partial charge in [-0.3, -0.25) is 4.79 Å². The van der Waals surface area contributed by atoms with Crippen LogP contribution < -0.4 is 0 Å². The van der Waals surface area contributed by atoms with E-state index < -0.39 is 36.4 Å². The lowest BCUT2D eigenvalue weighted by Gasteiger charge is -2.21. The summed E-state index contributed by atoms with van der Waals surface area (Å²) in [5, 5.41) is 17.6. The molecule has 7 heteroatoms. The van der Waals surface area contributed by atoms with Crippen molar-refractivity contribution in [1.82, 2.24) is 0 Å². The van der Waals surface area contributed by atoms with E-state index >= 15 is 0 Å². The zero-order valence-electron chi connectivity index (χ0n) is 11.4. The van der Waals surface area contributed by atoms with Gasteiger partial charge >= 0.3 is 11.9 Å². The minimum atomic E-state index is -1.58. The molecule has 0 rings (SSSR count). The van der Waals surface area contributed by atoms with Crippen LogP contribution in [0, 0.1) is 0 Å². The van der Waals surface area contributed by atoms with Crippen LogP contribution in [0.25, 0.3) is 0 Å². The van der Waals surface area contributed by atoms with Gasteiger partial charge in [0.1, 0.15) is 0 Å². The average molecular weight is 290 g/mol. The molecule has 1 unspecified atom stereocenters. The topological polar surface area (TPSA) is 83.8 Å². The summed E-state index contributed by atoms with van der Waals surface area (Å²) in [5.74, 6) is -2.27. The second-order valence-corrected chi connectivity index (χ2v) is 11.9. The van der Waals surface area contributed by atoms with Crippen LogP contribution in [0.2, 0.25) is 25.2 Å². The quantitative estimate of drug-likeness (QED) is 0.524. The van der Waals surface area contributed by atoms with E-state index in [0.717, 1.165) is 6.42 Å². The highest BCUT2D eigenvalue weighted by Gasteiger charge is 2.19. The number of rotatable bonds is 8. The Morgan fingerprint density at radius 1 is 1.33 bits per heavy atom. The molecule has 0 spiro atoms. The van der Waals surface area contributed by atoms with E-state index in [1.54, 1.807) is 6.08 Å². The molecule has 0 aromatic heterocycles. The smallest absolute Gasteiger partial charge is 0.331 e. The number of hydrogen-bond acceptors (Lipinski definition) is 3. The average Bonchev–Trinajstić information content (AvgIpc) is 2.20. The van der Waals surface area contributed by atoms with Crippen molar-refractivity contribution in [3.8, 4) is 0 Å². The molecule has 104 valence electrons. The monoisotopic (exact) mass is 290 g/mol. The maximum Gasteiger partial charge on any atom is 0.331 e. The van der Waals surface area contributed by atoms with Crippen LogP contribution in [0.5, 0.6) is 0 Å². The van der Waals surface area contributed by atoms with Gasteiger partial charge in [0.15, 0.2) is 18.1 Å². The molecule has 0 heterocycles. The number of carboxylic acids is 2. The van der Waals surface area contributed by atoms with Crippen LogP contribution in [0.3, 0.4) is 0 Å². The Morgan fingerprint density at radius 2 is 1.89 bits per heavy atom. The molecule has 0 saturated heterocycles. The fourth-order valence-electron chi connectivity index (χ4n) is 1.29. The third kappa shape index (κ3) is 8.21. The largest absolute Gasteiger partial charge is 0.481 e. The maximum absolute atomic E-state index is 10.9. The standard InChI is InChI=1S/C11H22O5Si2/c1-5-9(17-16-18(2,3)4)6-8(11(14)15)7-10(12)13/h6,9H,5,7,17H2,1-4H3,(H,12,13)(H,14,15). The van der Waals surface area contributed by atoms with E-state index in [4.69, 9.17) is 14.3 Å². The van der Waals surface area contributed by atoms with Crippen molar-refractivity contribution in [2.24, 2.45) is 0 Å². The van der Waals surface area contributed by atoms with Crippen molar-refractivity contribution in [2.45, 2.75) is 44.9 Å². The highest BCUT2D eigenvalue weighted by Crippen LogP contribution is 2.18. The Balaban J connectivity index is 4.70. The maximum atomic E-state index is 10.9. The van der Waals surface area contributed by atoms with Gasteiger partial charge in [-0.25, -0.2) is 4.79 Å². The normalized spacial score (nSPS) is 15.0. The number of hydrogen-bond donors (Lipinski definition) is 2. The Kier molecular flexibility index (Phi) is 7.11. The lowest BCUT2D eigenvalue weighted by atomic mass is 10.1. The molecule has 0 amide bonds. The van der Waals surface area contributed by atoms with E-state index in [-0.39, 0.29) is 11.1 Å². The summed E-state index contributed by atoms with van der Waals surface area (Å²) in [4.78, 5) is 21.5. The van der Waals surface area contributed by atoms with E-state index in [2.05, 4.69) is 19.6 Å². The number of carboxylic acid groups (broad SMARTS) is 2. The molecule has 5 nitrogen and oxygen atoms in total. The van der Waals surface area contributed by atoms with Gasteiger partial charge in [-0.05, 0) is 25.2 Å². The molecule has 1 atom stereocenters. The molecular formula is C11H22O5Si2. The third-order valence-corrected chi connectivity index (χ3v) is 7.68. The molecule has 0 aromatic rings. The molecule has 0 bridgehead atoms. The van der Waals surface area contributed by atoms with Crippen LogP contribution in [-0.2, 0) is 13.7 Å². The lowest BCUT2D eigenvalue weighted by molar-refractivity contribution is -0.139. The molecule has 0 aliphatic carbocycles. The number of aliphatic carboxylic acids is 2. The van der Waals surface area contributed by atoms with Gasteiger partial charge in [0.2, 0.25) is 0 Å². The van der Waals surface area contributed by atoms with E-state index in [1.807, 2.05) is 6.92 Å². The Morgan fingerprint density at radius 3 is 2.22 bits per heavy atom. The van der Waals surface area contributed by atoms with Crippen molar-refractivity contribution in [3.63, 3.8) is 0 Å². The zero-order valence-corrected chi connectivity index (χ0v) is 13.8. The SMILES string of the molecule is CCC(C=C(CC(=O)O)C(=O)O)[SiH2]O[Si](C)(C)C. The van der Waals surface area contributed by atoms with E-state index in [0.29, 0.717) is 0 Å². The Hall–Kier alpha value is -0.926. The van der Waals surface area contributed by atoms with Gasteiger partial charge in [-0.2, -0.15) is 0 Å². The van der Waals surface area contributed by atoms with Crippen LogP contribution in [0.15, 0.2) is 11.6 Å². The zero-order chi connectivity index (χ0) is 14.3. The van der Waals surface area contributed by atoms with Crippen molar-refractivity contribution >= 4 is 30.0 Å². The van der Waals surface area contributed by atoms with Crippen molar-refractivity contribution in [1.29, 1.82) is 0 Å². The fraction of sp³-hybridized carbons (Fsp3) is 0.636. The molecule has 2 N–H and O–H groups in total. The highest BCUT2D eigenvalue weighted by molar-refractivity contribution is 6.74. The fourth-order valence-corrected chi connectivity index (χ4v) is 4.77. The van der Waals surface area contributed by atoms with Crippen molar-refractivity contribution in [3.05, 3.63) is 11.6 Å². The first-order chi connectivity index (χ1) is 8.15. The van der Waals surface area contributed by atoms with Crippen LogP contribution in [0.1, 0.15) is 19.8 Å². The first-order valence-corrected chi connectivity index (χ1v) is 10.8. The van der Waals surface area contributed by atoms with Gasteiger partial charge < -0.3 is 14.3 Å². The molecule has 0 aliphatic heterocycles. The summed E-state index contributed by atoms with van der Waals surface area (Å²) in [5.41, 5.74) is 0.0446. The Labute approximate surface area is 111 Å². The molecule has 0 aromatic carbocycles. The third-order valence-electron chi connectivity index (χ3n) is 2.31. The predicted molar refractivity (Wildman–Crippen MR) is 75.0 cm³/mol. The van der Waals surface area contributed by atoms with Gasteiger partial charge in [0.05, 0.1) is 6.42 Å². The molecule has 0 aliphatic rings. The predicted octanol–water partition coefficient (Wildman–Crippen LogP) is 1.61. The lowest BCUT2D eigenvalue weighted by Crippen LogP contribution is -2.29. The molecule has 0 radical (unpaired) electrons. The highest BCUT2D eigenvalue weighted by atomic mass is 28.4. The van der Waals surface area contributed by atoms with Crippen LogP contribution in [-0.4, -0.2) is 40.2 Å². The molecule has 0 saturated carbocycles. The summed E-state index contributed by atoms with van der Waals surface area (Å²) in [6, 6.07) is 0. The summed E-state index contributed by atoms with van der Waals surface area (Å²) >= 11 is 0. The summed E-state index contributed by atoms with van der Waals surface area (Å²) < 4.78 is 5.86. The number of carbonyl (C=O) groups is 2. The molecular weight excluding hydrogens is 268 g/mol. The van der Waals surface area contributed by atoms with Gasteiger partial charge in [0.25, 0.3) is 0 Å². The molecule has 18 heavy (non-hydrogen) atoms. The second kappa shape index (κ2) is 7.50. The van der Waals surface area contributed by atoms with Crippen LogP contribution >= 0.6 is 0 Å². The molecule has 0 fully saturated rings. The van der Waals surface area contributed by atoms with Crippen molar-refractivity contribution in [2.75, 3.05) is 0 Å². The van der Waals surface area contributed by atoms with E-state index in [9.17, 15) is 9.59 Å². The minimum Gasteiger partial charge on any atom is -0.481 e. The Bertz CT molecular complexity index is 333. The van der Waals surface area contributed by atoms with Crippen LogP contribution in [0.4, 0.5) is 0 Å². The number of allylic oxidation sites excluding steroid dienone is 1. The summed E-state index contributed by atoms with van der Waals surface area (Å²) in [6.45, 7) is 8.23. The first kappa shape index (κ1) is 17.1. The first-order valence-electron chi connectivity index (χ1n) is 5.95. The summed E-state index contributed by atoms with van der Waals surface area (Å²) in [7, 11) is -2.44. The van der Waals surface area contributed by atoms with E-state index in [1.165, 1.54) is 0 Å². The van der Waals surface area contributed by atoms with Crippen molar-refractivity contribution < 1.29 is 23.9 Å². The second-order valence-electron chi connectivity index (χ2n) is 5.16. The van der Waals surface area contributed by atoms with Gasteiger partial charge in [0, 0.05) is 5.57 Å². The minimum absolute atomic E-state index is 0.0407. The van der Waals surface area contributed by atoms with Gasteiger partial charge in [-0.1, -0.05) is 19.4 Å². The summed E-state index contributed by atoms with van der Waals surface area (Å²) in [6.07, 6.45) is 1.92.